The van der Waals surface area contributed by atoms with Gasteiger partial charge in [-0.1, -0.05) is 12.1 Å². The second-order valence-electron chi connectivity index (χ2n) is 5.25. The summed E-state index contributed by atoms with van der Waals surface area (Å²) >= 11 is 0. The average molecular weight is 285 g/mol. The van der Waals surface area contributed by atoms with Crippen molar-refractivity contribution in [1.82, 2.24) is 9.80 Å². The third-order valence-corrected chi connectivity index (χ3v) is 3.74. The summed E-state index contributed by atoms with van der Waals surface area (Å²) in [7, 11) is 0. The van der Waals surface area contributed by atoms with Crippen LogP contribution in [0.5, 0.6) is 0 Å². The minimum atomic E-state index is 0.0516. The number of carbonyl (C=O) groups is 2. The molecular weight excluding hydrogens is 266 g/mol. The van der Waals surface area contributed by atoms with Crippen molar-refractivity contribution in [3.05, 3.63) is 35.4 Å². The highest BCUT2D eigenvalue weighted by Crippen LogP contribution is 2.08. The van der Waals surface area contributed by atoms with E-state index in [4.69, 9.17) is 5.26 Å². The molecule has 1 aliphatic heterocycles. The topological polar surface area (TPSA) is 64.4 Å². The molecule has 5 nitrogen and oxygen atoms in total. The number of rotatable bonds is 3. The fourth-order valence-electron chi connectivity index (χ4n) is 2.47. The van der Waals surface area contributed by atoms with Gasteiger partial charge in [0, 0.05) is 38.7 Å². The van der Waals surface area contributed by atoms with Crippen molar-refractivity contribution in [3.63, 3.8) is 0 Å². The molecule has 1 aliphatic rings. The fourth-order valence-corrected chi connectivity index (χ4v) is 2.47. The monoisotopic (exact) mass is 285 g/mol. The summed E-state index contributed by atoms with van der Waals surface area (Å²) in [5, 5.41) is 8.75. The molecule has 0 radical (unpaired) electrons. The van der Waals surface area contributed by atoms with Gasteiger partial charge in [0.2, 0.25) is 5.91 Å². The van der Waals surface area contributed by atoms with E-state index < -0.39 is 0 Å². The third-order valence-electron chi connectivity index (χ3n) is 3.74. The Balaban J connectivity index is 1.93. The van der Waals surface area contributed by atoms with E-state index in [2.05, 4.69) is 4.90 Å². The molecule has 1 aromatic rings. The van der Waals surface area contributed by atoms with Crippen molar-refractivity contribution in [2.24, 2.45) is 0 Å². The van der Waals surface area contributed by atoms with Gasteiger partial charge in [-0.15, -0.1) is 0 Å². The minimum absolute atomic E-state index is 0.0516. The molecule has 0 aliphatic carbocycles. The summed E-state index contributed by atoms with van der Waals surface area (Å²) in [6.45, 7) is 4.93. The molecule has 21 heavy (non-hydrogen) atoms. The van der Waals surface area contributed by atoms with E-state index in [0.29, 0.717) is 24.2 Å². The number of Topliss-reactive ketones (excluding diaryl/α,β-unsaturated/α-hetero) is 1. The van der Waals surface area contributed by atoms with Crippen LogP contribution in [0.1, 0.15) is 29.3 Å². The number of ketones is 1. The van der Waals surface area contributed by atoms with Crippen LogP contribution in [0.15, 0.2) is 24.3 Å². The Labute approximate surface area is 124 Å². The van der Waals surface area contributed by atoms with Crippen LogP contribution in [-0.4, -0.2) is 54.2 Å². The molecule has 110 valence electrons. The first-order valence-electron chi connectivity index (χ1n) is 7.11. The first-order chi connectivity index (χ1) is 10.1. The molecule has 1 saturated heterocycles. The number of hydrogen-bond acceptors (Lipinski definition) is 4. The summed E-state index contributed by atoms with van der Waals surface area (Å²) in [6, 6.07) is 8.75. The van der Waals surface area contributed by atoms with Crippen LogP contribution in [-0.2, 0) is 4.79 Å². The lowest BCUT2D eigenvalue weighted by Gasteiger charge is -2.20. The smallest absolute Gasteiger partial charge is 0.219 e. The molecule has 1 heterocycles. The van der Waals surface area contributed by atoms with E-state index in [-0.39, 0.29) is 11.7 Å². The van der Waals surface area contributed by atoms with Crippen molar-refractivity contribution in [3.8, 4) is 6.07 Å². The van der Waals surface area contributed by atoms with Gasteiger partial charge in [0.05, 0.1) is 18.2 Å². The van der Waals surface area contributed by atoms with Gasteiger partial charge in [0.15, 0.2) is 5.78 Å². The Kier molecular flexibility index (Phi) is 5.07. The highest BCUT2D eigenvalue weighted by atomic mass is 16.2. The molecule has 0 N–H and O–H groups in total. The maximum absolute atomic E-state index is 12.2. The second-order valence-corrected chi connectivity index (χ2v) is 5.25. The summed E-state index contributed by atoms with van der Waals surface area (Å²) < 4.78 is 0. The fraction of sp³-hybridized carbons (Fsp3) is 0.438. The lowest BCUT2D eigenvalue weighted by Crippen LogP contribution is -2.35. The second kappa shape index (κ2) is 7.00. The average Bonchev–Trinajstić information content (AvgIpc) is 2.73. The number of amides is 1. The highest BCUT2D eigenvalue weighted by Gasteiger charge is 2.18. The number of nitriles is 1. The lowest BCUT2D eigenvalue weighted by molar-refractivity contribution is -0.128. The molecule has 0 atom stereocenters. The van der Waals surface area contributed by atoms with Crippen LogP contribution in [0.2, 0.25) is 0 Å². The molecule has 5 heteroatoms. The molecular formula is C16H19N3O2. The normalized spacial score (nSPS) is 16.1. The molecule has 1 fully saturated rings. The predicted molar refractivity (Wildman–Crippen MR) is 78.8 cm³/mol. The van der Waals surface area contributed by atoms with E-state index >= 15 is 0 Å². The maximum Gasteiger partial charge on any atom is 0.219 e. The molecule has 0 saturated carbocycles. The van der Waals surface area contributed by atoms with E-state index in [9.17, 15) is 9.59 Å². The molecule has 0 aromatic heterocycles. The summed E-state index contributed by atoms with van der Waals surface area (Å²) in [5.41, 5.74) is 1.18. The van der Waals surface area contributed by atoms with Gasteiger partial charge in [0.25, 0.3) is 0 Å². The van der Waals surface area contributed by atoms with Crippen LogP contribution < -0.4 is 0 Å². The van der Waals surface area contributed by atoms with Crippen LogP contribution in [0.4, 0.5) is 0 Å². The number of hydrogen-bond donors (Lipinski definition) is 0. The highest BCUT2D eigenvalue weighted by molar-refractivity contribution is 5.97. The van der Waals surface area contributed by atoms with Gasteiger partial charge in [-0.3, -0.25) is 14.5 Å². The van der Waals surface area contributed by atoms with Crippen LogP contribution in [0.25, 0.3) is 0 Å². The minimum Gasteiger partial charge on any atom is -0.342 e. The zero-order valence-corrected chi connectivity index (χ0v) is 12.2. The summed E-state index contributed by atoms with van der Waals surface area (Å²) in [5.74, 6) is 0.144. The molecule has 1 amide bonds. The van der Waals surface area contributed by atoms with Gasteiger partial charge < -0.3 is 4.90 Å². The molecule has 0 unspecified atom stereocenters. The standard InChI is InChI=1S/C16H19N3O2/c1-13(20)19-8-2-7-18(9-10-19)12-16(21)15-5-3-14(11-17)4-6-15/h3-6H,2,7-10,12H2,1H3. The molecule has 2 rings (SSSR count). The van der Waals surface area contributed by atoms with Crippen molar-refractivity contribution < 1.29 is 9.59 Å². The van der Waals surface area contributed by atoms with Gasteiger partial charge in [-0.2, -0.15) is 5.26 Å². The van der Waals surface area contributed by atoms with Crippen LogP contribution in [0, 0.1) is 11.3 Å². The Morgan fingerprint density at radius 3 is 2.48 bits per heavy atom. The summed E-state index contributed by atoms with van der Waals surface area (Å²) in [6.07, 6.45) is 0.889. The number of benzene rings is 1. The van der Waals surface area contributed by atoms with Gasteiger partial charge in [0.1, 0.15) is 0 Å². The van der Waals surface area contributed by atoms with Gasteiger partial charge in [-0.05, 0) is 18.6 Å². The zero-order chi connectivity index (χ0) is 15.2. The number of carbonyl (C=O) groups excluding carboxylic acids is 2. The van der Waals surface area contributed by atoms with Gasteiger partial charge >= 0.3 is 0 Å². The van der Waals surface area contributed by atoms with E-state index in [1.54, 1.807) is 31.2 Å². The Hall–Kier alpha value is -2.19. The largest absolute Gasteiger partial charge is 0.342 e. The Bertz CT molecular complexity index is 560. The van der Waals surface area contributed by atoms with Crippen molar-refractivity contribution in [2.75, 3.05) is 32.7 Å². The van der Waals surface area contributed by atoms with E-state index in [1.807, 2.05) is 11.0 Å². The van der Waals surface area contributed by atoms with Crippen molar-refractivity contribution >= 4 is 11.7 Å². The zero-order valence-electron chi connectivity index (χ0n) is 12.2. The Morgan fingerprint density at radius 2 is 1.86 bits per heavy atom. The first-order valence-corrected chi connectivity index (χ1v) is 7.11. The maximum atomic E-state index is 12.2. The molecule has 0 spiro atoms. The van der Waals surface area contributed by atoms with E-state index in [0.717, 1.165) is 26.1 Å². The third kappa shape index (κ3) is 4.14. The predicted octanol–water partition coefficient (Wildman–Crippen LogP) is 1.30. The van der Waals surface area contributed by atoms with E-state index in [1.165, 1.54) is 0 Å². The number of nitrogens with zero attached hydrogens (tertiary/aromatic N) is 3. The molecule has 0 bridgehead atoms. The lowest BCUT2D eigenvalue weighted by atomic mass is 10.1. The SMILES string of the molecule is CC(=O)N1CCCN(CC(=O)c2ccc(C#N)cc2)CC1. The molecule has 1 aromatic carbocycles. The Morgan fingerprint density at radius 1 is 1.14 bits per heavy atom. The quantitative estimate of drug-likeness (QED) is 0.785. The first kappa shape index (κ1) is 15.2. The van der Waals surface area contributed by atoms with Crippen molar-refractivity contribution in [1.29, 1.82) is 5.26 Å². The summed E-state index contributed by atoms with van der Waals surface area (Å²) in [4.78, 5) is 27.5. The van der Waals surface area contributed by atoms with Gasteiger partial charge in [-0.25, -0.2) is 0 Å². The van der Waals surface area contributed by atoms with Crippen LogP contribution in [0.3, 0.4) is 0 Å². The van der Waals surface area contributed by atoms with Crippen LogP contribution >= 0.6 is 0 Å². The van der Waals surface area contributed by atoms with Crippen molar-refractivity contribution in [2.45, 2.75) is 13.3 Å².